The lowest BCUT2D eigenvalue weighted by molar-refractivity contribution is 0.261. The van der Waals surface area contributed by atoms with E-state index < -0.39 is 0 Å². The largest absolute Gasteiger partial charge is 0.481 e. The molecule has 1 aliphatic carbocycles. The van der Waals surface area contributed by atoms with Gasteiger partial charge >= 0.3 is 0 Å². The summed E-state index contributed by atoms with van der Waals surface area (Å²) in [6.07, 6.45) is 12.1. The van der Waals surface area contributed by atoms with Crippen LogP contribution in [0.25, 0.3) is 11.0 Å². The summed E-state index contributed by atoms with van der Waals surface area (Å²) in [7, 11) is 1.55. The molecule has 7 heteroatoms. The van der Waals surface area contributed by atoms with Gasteiger partial charge in [-0.1, -0.05) is 6.08 Å². The summed E-state index contributed by atoms with van der Waals surface area (Å²) in [5.74, 6) is 0.483. The molecule has 1 saturated carbocycles. The highest BCUT2D eigenvalue weighted by molar-refractivity contribution is 5.87. The summed E-state index contributed by atoms with van der Waals surface area (Å²) in [5.41, 5.74) is 9.53. The van der Waals surface area contributed by atoms with Crippen LogP contribution in [0.3, 0.4) is 0 Å². The minimum atomic E-state index is -0.351. The number of nitrogens with zero attached hydrogens (tertiary/aromatic N) is 3. The summed E-state index contributed by atoms with van der Waals surface area (Å²) in [5, 5.41) is 3.65. The van der Waals surface area contributed by atoms with Gasteiger partial charge < -0.3 is 15.8 Å². The molecule has 0 amide bonds. The third-order valence-electron chi connectivity index (χ3n) is 6.32. The Morgan fingerprint density at radius 2 is 2.10 bits per heavy atom. The van der Waals surface area contributed by atoms with E-state index in [1.807, 2.05) is 6.20 Å². The highest BCUT2D eigenvalue weighted by atomic mass is 19.1. The first-order chi connectivity index (χ1) is 14.6. The summed E-state index contributed by atoms with van der Waals surface area (Å²) < 4.78 is 19.8. The Labute approximate surface area is 176 Å². The van der Waals surface area contributed by atoms with Gasteiger partial charge in [0.15, 0.2) is 0 Å². The van der Waals surface area contributed by atoms with Gasteiger partial charge in [0.1, 0.15) is 5.82 Å². The van der Waals surface area contributed by atoms with E-state index in [4.69, 9.17) is 10.5 Å². The number of aromatic nitrogens is 2. The van der Waals surface area contributed by atoms with E-state index in [1.165, 1.54) is 11.9 Å². The molecule has 2 aromatic rings. The van der Waals surface area contributed by atoms with Crippen molar-refractivity contribution in [3.63, 3.8) is 0 Å². The fraction of sp³-hybridized carbons (Fsp3) is 0.522. The van der Waals surface area contributed by atoms with Crippen molar-refractivity contribution in [1.82, 2.24) is 15.3 Å². The monoisotopic (exact) mass is 411 g/mol. The van der Waals surface area contributed by atoms with Crippen molar-refractivity contribution >= 4 is 16.7 Å². The van der Waals surface area contributed by atoms with E-state index in [-0.39, 0.29) is 11.9 Å². The Balaban J connectivity index is 1.36. The van der Waals surface area contributed by atoms with E-state index in [0.717, 1.165) is 45.1 Å². The van der Waals surface area contributed by atoms with E-state index in [0.29, 0.717) is 40.9 Å². The zero-order chi connectivity index (χ0) is 20.9. The number of methoxy groups -OCH3 is 1. The van der Waals surface area contributed by atoms with Crippen molar-refractivity contribution < 1.29 is 9.13 Å². The first-order valence-corrected chi connectivity index (χ1v) is 10.8. The van der Waals surface area contributed by atoms with Crippen LogP contribution in [0.4, 0.5) is 4.39 Å². The summed E-state index contributed by atoms with van der Waals surface area (Å²) >= 11 is 0. The maximum Gasteiger partial charge on any atom is 0.213 e. The Morgan fingerprint density at radius 3 is 2.83 bits per heavy atom. The molecule has 1 unspecified atom stereocenters. The van der Waals surface area contributed by atoms with Crippen LogP contribution in [0.15, 0.2) is 35.6 Å². The molecule has 30 heavy (non-hydrogen) atoms. The first kappa shape index (κ1) is 20.9. The number of rotatable bonds is 7. The lowest BCUT2D eigenvalue weighted by Crippen LogP contribution is -2.41. The molecule has 3 heterocycles. The Hall–Kier alpha value is -2.38. The summed E-state index contributed by atoms with van der Waals surface area (Å²) in [6.45, 7) is 0.868. The van der Waals surface area contributed by atoms with Gasteiger partial charge in [0.25, 0.3) is 0 Å². The number of hydrogen-bond acceptors (Lipinski definition) is 6. The van der Waals surface area contributed by atoms with Gasteiger partial charge in [-0.25, -0.2) is 9.37 Å². The van der Waals surface area contributed by atoms with Gasteiger partial charge in [-0.3, -0.25) is 9.98 Å². The first-order valence-electron chi connectivity index (χ1n) is 10.8. The Bertz CT molecular complexity index is 937. The smallest absolute Gasteiger partial charge is 0.213 e. The molecule has 0 radical (unpaired) electrons. The minimum Gasteiger partial charge on any atom is -0.481 e. The molecule has 3 N–H and O–H groups in total. The fourth-order valence-electron chi connectivity index (χ4n) is 4.48. The fourth-order valence-corrected chi connectivity index (χ4v) is 4.48. The number of hydrogen-bond donors (Lipinski definition) is 2. The molecule has 0 bridgehead atoms. The number of nitrogens with one attached hydrogen (secondary N) is 1. The molecule has 1 fully saturated rings. The second-order valence-corrected chi connectivity index (χ2v) is 8.29. The molecule has 160 valence electrons. The molecule has 6 nitrogen and oxygen atoms in total. The van der Waals surface area contributed by atoms with Crippen LogP contribution >= 0.6 is 0 Å². The van der Waals surface area contributed by atoms with Gasteiger partial charge in [0.2, 0.25) is 5.88 Å². The van der Waals surface area contributed by atoms with Crippen molar-refractivity contribution in [2.24, 2.45) is 16.6 Å². The highest BCUT2D eigenvalue weighted by Crippen LogP contribution is 2.29. The third-order valence-corrected chi connectivity index (χ3v) is 6.32. The van der Waals surface area contributed by atoms with Crippen LogP contribution in [0.5, 0.6) is 5.88 Å². The van der Waals surface area contributed by atoms with Crippen LogP contribution in [0, 0.1) is 11.7 Å². The second-order valence-electron chi connectivity index (χ2n) is 8.29. The van der Waals surface area contributed by atoms with E-state index >= 15 is 0 Å². The number of allylic oxidation sites excluding steroid dienone is 1. The SMILES string of the molecule is COc1ccc2ncc(F)c(CC(N)[C@H]3CC[C@H](NCC4=NC=CCC4)CC3)c2n1. The second kappa shape index (κ2) is 9.62. The van der Waals surface area contributed by atoms with E-state index in [2.05, 4.69) is 26.4 Å². The zero-order valence-corrected chi connectivity index (χ0v) is 17.5. The maximum atomic E-state index is 14.6. The quantitative estimate of drug-likeness (QED) is 0.728. The lowest BCUT2D eigenvalue weighted by Gasteiger charge is -2.33. The van der Waals surface area contributed by atoms with Crippen LogP contribution in [-0.4, -0.2) is 41.4 Å². The van der Waals surface area contributed by atoms with Gasteiger partial charge in [0, 0.05) is 42.2 Å². The number of aliphatic imine (C=N–C) groups is 1. The molecule has 0 aromatic carbocycles. The highest BCUT2D eigenvalue weighted by Gasteiger charge is 2.27. The predicted octanol–water partition coefficient (Wildman–Crippen LogP) is 3.54. The summed E-state index contributed by atoms with van der Waals surface area (Å²) in [4.78, 5) is 13.0. The van der Waals surface area contributed by atoms with Crippen molar-refractivity contribution in [3.05, 3.63) is 42.0 Å². The van der Waals surface area contributed by atoms with Crippen molar-refractivity contribution in [2.45, 2.75) is 57.0 Å². The molecular weight excluding hydrogens is 381 g/mol. The van der Waals surface area contributed by atoms with Crippen LogP contribution in [-0.2, 0) is 6.42 Å². The molecule has 1 aliphatic heterocycles. The number of ether oxygens (including phenoxy) is 1. The number of halogens is 1. The molecule has 0 saturated heterocycles. The standard InChI is InChI=1S/C23H30FN5O/c1-30-22-10-9-21-23(29-22)18(19(24)14-28-21)12-20(25)15-5-7-16(8-6-15)27-13-17-4-2-3-11-26-17/h3,9-11,14-16,20,27H,2,4-8,12-13,25H2,1H3/t15-,16-,20?. The molecule has 0 spiro atoms. The average Bonchev–Trinajstić information content (AvgIpc) is 2.80. The third kappa shape index (κ3) is 4.84. The zero-order valence-electron chi connectivity index (χ0n) is 17.5. The van der Waals surface area contributed by atoms with E-state index in [9.17, 15) is 4.39 Å². The summed E-state index contributed by atoms with van der Waals surface area (Å²) in [6, 6.07) is 3.94. The van der Waals surface area contributed by atoms with Gasteiger partial charge in [-0.2, -0.15) is 0 Å². The molecule has 2 aliphatic rings. The Morgan fingerprint density at radius 1 is 1.27 bits per heavy atom. The van der Waals surface area contributed by atoms with Crippen molar-refractivity contribution in [3.8, 4) is 5.88 Å². The van der Waals surface area contributed by atoms with Crippen LogP contribution < -0.4 is 15.8 Å². The maximum absolute atomic E-state index is 14.6. The normalized spacial score (nSPS) is 22.7. The Kier molecular flexibility index (Phi) is 6.69. The molecule has 2 aromatic heterocycles. The van der Waals surface area contributed by atoms with Gasteiger partial charge in [-0.15, -0.1) is 0 Å². The number of nitrogens with two attached hydrogens (primary N) is 1. The lowest BCUT2D eigenvalue weighted by atomic mass is 9.80. The number of fused-ring (bicyclic) bond motifs is 1. The van der Waals surface area contributed by atoms with Gasteiger partial charge in [-0.05, 0) is 56.9 Å². The van der Waals surface area contributed by atoms with E-state index in [1.54, 1.807) is 19.2 Å². The predicted molar refractivity (Wildman–Crippen MR) is 117 cm³/mol. The van der Waals surface area contributed by atoms with Crippen molar-refractivity contribution in [2.75, 3.05) is 13.7 Å². The van der Waals surface area contributed by atoms with Gasteiger partial charge in [0.05, 0.1) is 24.3 Å². The molecule has 4 rings (SSSR count). The minimum absolute atomic E-state index is 0.105. The molecular formula is C23H30FN5O. The van der Waals surface area contributed by atoms with Crippen molar-refractivity contribution in [1.29, 1.82) is 0 Å². The van der Waals surface area contributed by atoms with Crippen LogP contribution in [0.1, 0.15) is 44.1 Å². The molecule has 1 atom stereocenters. The van der Waals surface area contributed by atoms with Crippen LogP contribution in [0.2, 0.25) is 0 Å². The number of pyridine rings is 2. The average molecular weight is 412 g/mol. The topological polar surface area (TPSA) is 85.4 Å².